The van der Waals surface area contributed by atoms with Crippen molar-refractivity contribution in [3.05, 3.63) is 12.4 Å². The molecule has 1 rings (SSSR count). The Hall–Kier alpha value is -1.20. The summed E-state index contributed by atoms with van der Waals surface area (Å²) in [6, 6.07) is 0. The minimum atomic E-state index is -1.08. The molecule has 5 nitrogen and oxygen atoms in total. The normalized spacial score (nSPS) is 19.0. The second kappa shape index (κ2) is 17.4. The predicted octanol–water partition coefficient (Wildman–Crippen LogP) is 5.78. The topological polar surface area (TPSA) is 78.5 Å². The average molecular weight is 436 g/mol. The molecule has 0 amide bonds. The molecule has 0 aromatic carbocycles. The molecule has 0 bridgehead atoms. The number of aliphatic imine (C=N–C) groups is 1. The first-order chi connectivity index (χ1) is 15.0. The third-order valence-electron chi connectivity index (χ3n) is 6.66. The summed E-state index contributed by atoms with van der Waals surface area (Å²) in [4.78, 5) is 15.6. The van der Waals surface area contributed by atoms with E-state index in [4.69, 9.17) is 5.73 Å². The molecule has 2 unspecified atom stereocenters. The average Bonchev–Trinajstić information content (AvgIpc) is 3.13. The van der Waals surface area contributed by atoms with Gasteiger partial charge in [0.1, 0.15) is 18.9 Å². The molecule has 0 radical (unpaired) electrons. The summed E-state index contributed by atoms with van der Waals surface area (Å²) < 4.78 is 0.112. The first-order valence-electron chi connectivity index (χ1n) is 13.1. The van der Waals surface area contributed by atoms with Crippen LogP contribution in [0.2, 0.25) is 0 Å². The van der Waals surface area contributed by atoms with Gasteiger partial charge in [0, 0.05) is 13.3 Å². The van der Waals surface area contributed by atoms with E-state index in [1.807, 2.05) is 6.92 Å². The highest BCUT2D eigenvalue weighted by Crippen LogP contribution is 2.23. The molecule has 0 aromatic heterocycles. The number of nitrogens with zero attached hydrogens (tertiary/aromatic N) is 2. The number of quaternary nitrogens is 1. The first kappa shape index (κ1) is 27.8. The van der Waals surface area contributed by atoms with Crippen LogP contribution in [0.3, 0.4) is 0 Å². The molecule has 0 fully saturated rings. The van der Waals surface area contributed by atoms with E-state index in [1.54, 1.807) is 12.4 Å². The largest absolute Gasteiger partial charge is 0.544 e. The lowest BCUT2D eigenvalue weighted by Gasteiger charge is -2.36. The van der Waals surface area contributed by atoms with Crippen molar-refractivity contribution < 1.29 is 14.4 Å². The fraction of sp³-hybridized carbons (Fsp3) is 0.846. The molecule has 1 aliphatic heterocycles. The second-order valence-corrected chi connectivity index (χ2v) is 9.45. The third kappa shape index (κ3) is 11.8. The number of unbranched alkanes of at least 4 members (excludes halogenated alkanes) is 16. The lowest BCUT2D eigenvalue weighted by molar-refractivity contribution is -0.808. The van der Waals surface area contributed by atoms with Gasteiger partial charge in [-0.3, -0.25) is 5.73 Å². The minimum Gasteiger partial charge on any atom is -0.544 e. The van der Waals surface area contributed by atoms with E-state index in [0.29, 0.717) is 0 Å². The van der Waals surface area contributed by atoms with Gasteiger partial charge in [-0.25, -0.2) is 9.48 Å². The van der Waals surface area contributed by atoms with E-state index in [1.165, 1.54) is 103 Å². The number of carbonyl (C=O) groups excluding carboxylic acids is 1. The SMILES string of the molecule is CCCCCCCCCCCCCCCCCCCC1=NC=C[N+]1(CC(=O)[O-])C(C)N. The van der Waals surface area contributed by atoms with Crippen molar-refractivity contribution >= 4 is 11.8 Å². The fourth-order valence-corrected chi connectivity index (χ4v) is 4.58. The molecule has 1 aliphatic rings. The number of rotatable bonds is 21. The zero-order valence-corrected chi connectivity index (χ0v) is 20.5. The van der Waals surface area contributed by atoms with Gasteiger partial charge in [0.05, 0.1) is 12.2 Å². The fourth-order valence-electron chi connectivity index (χ4n) is 4.58. The van der Waals surface area contributed by atoms with Gasteiger partial charge in [0.25, 0.3) is 0 Å². The number of hydrogen-bond donors (Lipinski definition) is 1. The molecular formula is C26H49N3O2. The van der Waals surface area contributed by atoms with Crippen LogP contribution in [0.25, 0.3) is 0 Å². The highest BCUT2D eigenvalue weighted by atomic mass is 16.4. The Kier molecular flexibility index (Phi) is 15.6. The van der Waals surface area contributed by atoms with Crippen molar-refractivity contribution in [1.82, 2.24) is 0 Å². The highest BCUT2D eigenvalue weighted by Gasteiger charge is 2.38. The van der Waals surface area contributed by atoms with Crippen molar-refractivity contribution in [1.29, 1.82) is 0 Å². The number of carboxylic acids is 1. The predicted molar refractivity (Wildman–Crippen MR) is 129 cm³/mol. The summed E-state index contributed by atoms with van der Waals surface area (Å²) in [5.74, 6) is -0.223. The van der Waals surface area contributed by atoms with Crippen LogP contribution in [0, 0.1) is 0 Å². The quantitative estimate of drug-likeness (QED) is 0.183. The summed E-state index contributed by atoms with van der Waals surface area (Å²) in [5, 5.41) is 11.2. The van der Waals surface area contributed by atoms with Crippen molar-refractivity contribution in [2.45, 2.75) is 136 Å². The Morgan fingerprint density at radius 3 is 1.68 bits per heavy atom. The van der Waals surface area contributed by atoms with Gasteiger partial charge in [0.2, 0.25) is 5.84 Å². The second-order valence-electron chi connectivity index (χ2n) is 9.45. The highest BCUT2D eigenvalue weighted by molar-refractivity contribution is 5.81. The summed E-state index contributed by atoms with van der Waals surface area (Å²) >= 11 is 0. The zero-order chi connectivity index (χ0) is 22.8. The van der Waals surface area contributed by atoms with E-state index >= 15 is 0 Å². The molecule has 0 saturated carbocycles. The standard InChI is InChI=1S/C26H49N3O2/c1-3-4-5-6-7-8-9-10-11-12-13-14-15-16-17-18-19-20-25-28-21-22-29(25,24(2)27)23-26(30)31/h21-22,24H,3-20,23,27H2,1-2H3. The number of amidine groups is 1. The summed E-state index contributed by atoms with van der Waals surface area (Å²) in [7, 11) is 0. The van der Waals surface area contributed by atoms with E-state index in [9.17, 15) is 9.90 Å². The summed E-state index contributed by atoms with van der Waals surface area (Å²) in [5.41, 5.74) is 6.09. The van der Waals surface area contributed by atoms with Crippen LogP contribution in [-0.2, 0) is 4.79 Å². The van der Waals surface area contributed by atoms with Gasteiger partial charge in [0.15, 0.2) is 0 Å². The van der Waals surface area contributed by atoms with Crippen molar-refractivity contribution in [2.24, 2.45) is 10.7 Å². The minimum absolute atomic E-state index is 0.112. The van der Waals surface area contributed by atoms with Gasteiger partial charge in [-0.1, -0.05) is 110 Å². The Bertz CT molecular complexity index is 531. The van der Waals surface area contributed by atoms with Gasteiger partial charge in [-0.05, 0) is 6.42 Å². The zero-order valence-electron chi connectivity index (χ0n) is 20.5. The molecule has 180 valence electrons. The van der Waals surface area contributed by atoms with Crippen LogP contribution < -0.4 is 10.8 Å². The van der Waals surface area contributed by atoms with Gasteiger partial charge in [-0.15, -0.1) is 0 Å². The van der Waals surface area contributed by atoms with Crippen LogP contribution in [-0.4, -0.2) is 29.0 Å². The third-order valence-corrected chi connectivity index (χ3v) is 6.66. The first-order valence-corrected chi connectivity index (χ1v) is 13.1. The lowest BCUT2D eigenvalue weighted by atomic mass is 10.0. The number of hydrogen-bond acceptors (Lipinski definition) is 4. The lowest BCUT2D eigenvalue weighted by Crippen LogP contribution is -2.60. The van der Waals surface area contributed by atoms with E-state index in [2.05, 4.69) is 11.9 Å². The number of aliphatic carboxylic acids is 1. The Morgan fingerprint density at radius 1 is 0.871 bits per heavy atom. The molecule has 5 heteroatoms. The molecule has 2 atom stereocenters. The maximum atomic E-state index is 11.2. The maximum absolute atomic E-state index is 11.2. The van der Waals surface area contributed by atoms with E-state index in [-0.39, 0.29) is 17.2 Å². The molecule has 0 aliphatic carbocycles. The van der Waals surface area contributed by atoms with Crippen LogP contribution in [0.15, 0.2) is 17.4 Å². The van der Waals surface area contributed by atoms with Crippen molar-refractivity contribution in [2.75, 3.05) is 6.54 Å². The molecule has 31 heavy (non-hydrogen) atoms. The Labute approximate surface area is 191 Å². The van der Waals surface area contributed by atoms with Crippen molar-refractivity contribution in [3.8, 4) is 0 Å². The molecule has 2 N–H and O–H groups in total. The monoisotopic (exact) mass is 435 g/mol. The Balaban J connectivity index is 1.94. The molecule has 0 spiro atoms. The van der Waals surface area contributed by atoms with Gasteiger partial charge < -0.3 is 9.90 Å². The van der Waals surface area contributed by atoms with E-state index < -0.39 is 5.97 Å². The van der Waals surface area contributed by atoms with Crippen LogP contribution in [0.5, 0.6) is 0 Å². The van der Waals surface area contributed by atoms with Crippen LogP contribution in [0.4, 0.5) is 0 Å². The van der Waals surface area contributed by atoms with E-state index in [0.717, 1.165) is 18.7 Å². The summed E-state index contributed by atoms with van der Waals surface area (Å²) in [6.07, 6.45) is 27.0. The molecular weight excluding hydrogens is 386 g/mol. The Morgan fingerprint density at radius 2 is 1.29 bits per heavy atom. The summed E-state index contributed by atoms with van der Waals surface area (Å²) in [6.45, 7) is 3.98. The maximum Gasteiger partial charge on any atom is 0.209 e. The smallest absolute Gasteiger partial charge is 0.209 e. The van der Waals surface area contributed by atoms with Crippen molar-refractivity contribution in [3.63, 3.8) is 0 Å². The van der Waals surface area contributed by atoms with Gasteiger partial charge >= 0.3 is 0 Å². The molecule has 0 aromatic rings. The number of carbonyl (C=O) groups is 1. The molecule has 1 heterocycles. The van der Waals surface area contributed by atoms with Gasteiger partial charge in [-0.2, -0.15) is 0 Å². The molecule has 0 saturated heterocycles. The number of carboxylic acid groups (broad SMARTS) is 1. The van der Waals surface area contributed by atoms with Crippen LogP contribution >= 0.6 is 0 Å². The van der Waals surface area contributed by atoms with Crippen LogP contribution in [0.1, 0.15) is 129 Å². The number of nitrogens with two attached hydrogens (primary N) is 1.